The van der Waals surface area contributed by atoms with Gasteiger partial charge >= 0.3 is 0 Å². The number of hydrogen-bond donors (Lipinski definition) is 0. The van der Waals surface area contributed by atoms with Crippen molar-refractivity contribution < 1.29 is 4.79 Å². The molecule has 25 heavy (non-hydrogen) atoms. The fourth-order valence-corrected chi connectivity index (χ4v) is 2.89. The SMILES string of the molecule is CCn1cc(C(=O)N(C)Cc2ccccc2)c(=O)c2ccc(C)nc21. The summed E-state index contributed by atoms with van der Waals surface area (Å²) in [6.07, 6.45) is 1.63. The highest BCUT2D eigenvalue weighted by molar-refractivity contribution is 5.96. The molecule has 0 aliphatic rings. The van der Waals surface area contributed by atoms with E-state index in [0.717, 1.165) is 11.3 Å². The van der Waals surface area contributed by atoms with E-state index >= 15 is 0 Å². The molecular weight excluding hydrogens is 314 g/mol. The molecule has 0 fully saturated rings. The minimum Gasteiger partial charge on any atom is -0.337 e. The Kier molecular flexibility index (Phi) is 4.65. The third-order valence-electron chi connectivity index (χ3n) is 4.24. The molecule has 5 nitrogen and oxygen atoms in total. The van der Waals surface area contributed by atoms with Gasteiger partial charge in [0, 0.05) is 32.0 Å². The third-order valence-corrected chi connectivity index (χ3v) is 4.24. The van der Waals surface area contributed by atoms with E-state index in [9.17, 15) is 9.59 Å². The zero-order valence-electron chi connectivity index (χ0n) is 14.7. The number of rotatable bonds is 4. The van der Waals surface area contributed by atoms with Crippen molar-refractivity contribution in [1.82, 2.24) is 14.5 Å². The van der Waals surface area contributed by atoms with E-state index < -0.39 is 0 Å². The summed E-state index contributed by atoms with van der Waals surface area (Å²) in [7, 11) is 1.71. The number of carbonyl (C=O) groups excluding carboxylic acids is 1. The molecule has 0 bridgehead atoms. The Bertz CT molecular complexity index is 977. The average molecular weight is 335 g/mol. The summed E-state index contributed by atoms with van der Waals surface area (Å²) in [5, 5.41) is 0.478. The number of hydrogen-bond acceptors (Lipinski definition) is 3. The molecule has 128 valence electrons. The second kappa shape index (κ2) is 6.89. The van der Waals surface area contributed by atoms with Gasteiger partial charge in [0.25, 0.3) is 5.91 Å². The summed E-state index contributed by atoms with van der Waals surface area (Å²) in [6.45, 7) is 4.94. The van der Waals surface area contributed by atoms with Crippen LogP contribution in [0.15, 0.2) is 53.5 Å². The van der Waals surface area contributed by atoms with E-state index in [0.29, 0.717) is 24.1 Å². The van der Waals surface area contributed by atoms with Gasteiger partial charge in [-0.05, 0) is 31.5 Å². The summed E-state index contributed by atoms with van der Waals surface area (Å²) in [5.41, 5.74) is 2.40. The van der Waals surface area contributed by atoms with Crippen molar-refractivity contribution in [2.24, 2.45) is 0 Å². The average Bonchev–Trinajstić information content (AvgIpc) is 2.62. The number of nitrogens with zero attached hydrogens (tertiary/aromatic N) is 3. The molecule has 0 atom stereocenters. The smallest absolute Gasteiger partial charge is 0.259 e. The maximum Gasteiger partial charge on any atom is 0.259 e. The monoisotopic (exact) mass is 335 g/mol. The molecule has 0 radical (unpaired) electrons. The van der Waals surface area contributed by atoms with Gasteiger partial charge in [0.05, 0.1) is 5.39 Å². The molecule has 0 spiro atoms. The van der Waals surface area contributed by atoms with Crippen molar-refractivity contribution in [2.45, 2.75) is 26.9 Å². The second-order valence-corrected chi connectivity index (χ2v) is 6.13. The van der Waals surface area contributed by atoms with Crippen LogP contribution in [0.25, 0.3) is 11.0 Å². The summed E-state index contributed by atoms with van der Waals surface area (Å²) in [4.78, 5) is 31.7. The van der Waals surface area contributed by atoms with Crippen molar-refractivity contribution in [3.05, 3.63) is 75.7 Å². The van der Waals surface area contributed by atoms with Crippen molar-refractivity contribution in [3.63, 3.8) is 0 Å². The highest BCUT2D eigenvalue weighted by atomic mass is 16.2. The van der Waals surface area contributed by atoms with Gasteiger partial charge < -0.3 is 9.47 Å². The highest BCUT2D eigenvalue weighted by Crippen LogP contribution is 2.13. The molecule has 3 aromatic rings. The van der Waals surface area contributed by atoms with Gasteiger partial charge in [0.15, 0.2) is 0 Å². The first-order valence-electron chi connectivity index (χ1n) is 8.31. The molecule has 0 saturated heterocycles. The van der Waals surface area contributed by atoms with Gasteiger partial charge in [-0.1, -0.05) is 30.3 Å². The Morgan fingerprint density at radius 1 is 1.16 bits per heavy atom. The quantitative estimate of drug-likeness (QED) is 0.736. The van der Waals surface area contributed by atoms with E-state index in [-0.39, 0.29) is 16.9 Å². The molecule has 3 rings (SSSR count). The number of aryl methyl sites for hydroxylation is 2. The predicted molar refractivity (Wildman–Crippen MR) is 98.7 cm³/mol. The van der Waals surface area contributed by atoms with Crippen LogP contribution in [0.5, 0.6) is 0 Å². The van der Waals surface area contributed by atoms with Crippen LogP contribution in [0.3, 0.4) is 0 Å². The van der Waals surface area contributed by atoms with Gasteiger partial charge in [-0.2, -0.15) is 0 Å². The van der Waals surface area contributed by atoms with E-state index in [1.165, 1.54) is 0 Å². The Morgan fingerprint density at radius 3 is 2.56 bits per heavy atom. The molecule has 0 aliphatic heterocycles. The zero-order chi connectivity index (χ0) is 18.0. The zero-order valence-corrected chi connectivity index (χ0v) is 14.7. The molecule has 0 aliphatic carbocycles. The first kappa shape index (κ1) is 16.9. The molecule has 1 amide bonds. The minimum absolute atomic E-state index is 0.179. The van der Waals surface area contributed by atoms with Crippen LogP contribution in [0.1, 0.15) is 28.5 Å². The third kappa shape index (κ3) is 3.31. The lowest BCUT2D eigenvalue weighted by Gasteiger charge is -2.18. The summed E-state index contributed by atoms with van der Waals surface area (Å²) in [6, 6.07) is 13.3. The largest absolute Gasteiger partial charge is 0.337 e. The minimum atomic E-state index is -0.279. The van der Waals surface area contributed by atoms with Gasteiger partial charge in [0.2, 0.25) is 5.43 Å². The van der Waals surface area contributed by atoms with Crippen LogP contribution in [0.2, 0.25) is 0 Å². The topological polar surface area (TPSA) is 55.2 Å². The maximum atomic E-state index is 12.8. The number of carbonyl (C=O) groups is 1. The number of fused-ring (bicyclic) bond motifs is 1. The maximum absolute atomic E-state index is 12.8. The van der Waals surface area contributed by atoms with Gasteiger partial charge in [0.1, 0.15) is 11.2 Å². The molecule has 0 unspecified atom stereocenters. The molecule has 2 aromatic heterocycles. The lowest BCUT2D eigenvalue weighted by Crippen LogP contribution is -2.31. The Balaban J connectivity index is 2.03. The van der Waals surface area contributed by atoms with E-state index in [1.54, 1.807) is 30.3 Å². The Hall–Kier alpha value is -2.95. The van der Waals surface area contributed by atoms with Crippen LogP contribution in [-0.2, 0) is 13.1 Å². The van der Waals surface area contributed by atoms with Gasteiger partial charge in [-0.25, -0.2) is 4.98 Å². The normalized spacial score (nSPS) is 10.8. The molecule has 0 N–H and O–H groups in total. The van der Waals surface area contributed by atoms with Crippen molar-refractivity contribution in [2.75, 3.05) is 7.05 Å². The van der Waals surface area contributed by atoms with Crippen LogP contribution in [0.4, 0.5) is 0 Å². The van der Waals surface area contributed by atoms with Crippen LogP contribution >= 0.6 is 0 Å². The fraction of sp³-hybridized carbons (Fsp3) is 0.250. The summed E-state index contributed by atoms with van der Waals surface area (Å²) < 4.78 is 1.85. The van der Waals surface area contributed by atoms with Crippen molar-refractivity contribution in [1.29, 1.82) is 0 Å². The van der Waals surface area contributed by atoms with Crippen LogP contribution < -0.4 is 5.43 Å². The number of pyridine rings is 2. The molecular formula is C20H21N3O2. The number of aromatic nitrogens is 2. The first-order valence-corrected chi connectivity index (χ1v) is 8.31. The summed E-state index contributed by atoms with van der Waals surface area (Å²) in [5.74, 6) is -0.279. The van der Waals surface area contributed by atoms with Crippen molar-refractivity contribution >= 4 is 16.9 Å². The molecule has 5 heteroatoms. The van der Waals surface area contributed by atoms with Gasteiger partial charge in [-0.15, -0.1) is 0 Å². The lowest BCUT2D eigenvalue weighted by molar-refractivity contribution is 0.0783. The standard InChI is InChI=1S/C20H21N3O2/c1-4-23-13-17(18(24)16-11-10-14(2)21-19(16)23)20(25)22(3)12-15-8-6-5-7-9-15/h5-11,13H,4,12H2,1-3H3. The molecule has 1 aromatic carbocycles. The van der Waals surface area contributed by atoms with E-state index in [4.69, 9.17) is 0 Å². The second-order valence-electron chi connectivity index (χ2n) is 6.13. The van der Waals surface area contributed by atoms with E-state index in [1.807, 2.05) is 48.7 Å². The van der Waals surface area contributed by atoms with Gasteiger partial charge in [-0.3, -0.25) is 9.59 Å². The van der Waals surface area contributed by atoms with E-state index in [2.05, 4.69) is 4.98 Å². The summed E-state index contributed by atoms with van der Waals surface area (Å²) >= 11 is 0. The Morgan fingerprint density at radius 2 is 1.88 bits per heavy atom. The predicted octanol–water partition coefficient (Wildman–Crippen LogP) is 3.00. The van der Waals surface area contributed by atoms with Crippen molar-refractivity contribution in [3.8, 4) is 0 Å². The van der Waals surface area contributed by atoms with Crippen LogP contribution in [0, 0.1) is 6.92 Å². The fourth-order valence-electron chi connectivity index (χ4n) is 2.89. The lowest BCUT2D eigenvalue weighted by atomic mass is 10.1. The van der Waals surface area contributed by atoms with Crippen LogP contribution in [-0.4, -0.2) is 27.4 Å². The molecule has 2 heterocycles. The molecule has 0 saturated carbocycles. The first-order chi connectivity index (χ1) is 12.0. The Labute approximate surface area is 146 Å². The highest BCUT2D eigenvalue weighted by Gasteiger charge is 2.19. The number of amides is 1. The number of benzene rings is 1.